The number of rotatable bonds is 4. The predicted molar refractivity (Wildman–Crippen MR) is 85.0 cm³/mol. The third-order valence-corrected chi connectivity index (χ3v) is 3.20. The third-order valence-electron chi connectivity index (χ3n) is 3.20. The number of nitrogens with one attached hydrogen (secondary N) is 1. The van der Waals surface area contributed by atoms with Crippen LogP contribution in [0.1, 0.15) is 5.56 Å². The molecule has 2 heterocycles. The zero-order chi connectivity index (χ0) is 15.5. The number of hydrogen-bond acceptors (Lipinski definition) is 7. The Hall–Kier alpha value is -2.80. The van der Waals surface area contributed by atoms with Gasteiger partial charge in [-0.3, -0.25) is 4.84 Å². The average Bonchev–Trinajstić information content (AvgIpc) is 2.54. The molecule has 7 heteroatoms. The Morgan fingerprint density at radius 2 is 2.05 bits per heavy atom. The lowest BCUT2D eigenvalue weighted by Crippen LogP contribution is -2.17. The van der Waals surface area contributed by atoms with E-state index in [1.54, 1.807) is 20.4 Å². The maximum absolute atomic E-state index is 5.11. The highest BCUT2D eigenvalue weighted by molar-refractivity contribution is 5.87. The summed E-state index contributed by atoms with van der Waals surface area (Å²) in [5.74, 6) is 1.07. The highest BCUT2D eigenvalue weighted by Gasteiger charge is 2.10. The molecule has 0 spiro atoms. The fourth-order valence-corrected chi connectivity index (χ4v) is 2.03. The summed E-state index contributed by atoms with van der Waals surface area (Å²) in [6.45, 7) is 2.04. The lowest BCUT2D eigenvalue weighted by molar-refractivity contribution is 0.180. The second kappa shape index (κ2) is 5.90. The topological polar surface area (TPSA) is 76.1 Å². The summed E-state index contributed by atoms with van der Waals surface area (Å²) >= 11 is 0. The van der Waals surface area contributed by atoms with E-state index in [9.17, 15) is 0 Å². The quantitative estimate of drug-likeness (QED) is 0.741. The molecule has 1 aromatic carbocycles. The van der Waals surface area contributed by atoms with Crippen LogP contribution in [0.15, 0.2) is 36.8 Å². The number of anilines is 3. The van der Waals surface area contributed by atoms with Crippen LogP contribution in [-0.4, -0.2) is 34.1 Å². The van der Waals surface area contributed by atoms with Crippen molar-refractivity contribution in [1.29, 1.82) is 0 Å². The summed E-state index contributed by atoms with van der Waals surface area (Å²) in [5, 5.41) is 4.75. The molecule has 22 heavy (non-hydrogen) atoms. The van der Waals surface area contributed by atoms with Crippen LogP contribution in [0.25, 0.3) is 11.0 Å². The molecule has 112 valence electrons. The van der Waals surface area contributed by atoms with Gasteiger partial charge >= 0.3 is 0 Å². The molecule has 0 amide bonds. The Morgan fingerprint density at radius 1 is 1.18 bits per heavy atom. The predicted octanol–water partition coefficient (Wildman–Crippen LogP) is 2.47. The normalized spacial score (nSPS) is 10.7. The maximum atomic E-state index is 5.11. The largest absolute Gasteiger partial charge is 0.338 e. The molecule has 1 N–H and O–H groups in total. The van der Waals surface area contributed by atoms with Crippen LogP contribution in [0.3, 0.4) is 0 Å². The van der Waals surface area contributed by atoms with Crippen molar-refractivity contribution in [3.8, 4) is 0 Å². The molecule has 0 radical (unpaired) electrons. The summed E-state index contributed by atoms with van der Waals surface area (Å²) in [7, 11) is 3.29. The molecular formula is C15H16N6O. The number of hydrogen-bond donors (Lipinski definition) is 1. The van der Waals surface area contributed by atoms with Crippen LogP contribution in [0.4, 0.5) is 17.5 Å². The van der Waals surface area contributed by atoms with Crippen LogP contribution in [-0.2, 0) is 4.84 Å². The molecule has 0 unspecified atom stereocenters. The van der Waals surface area contributed by atoms with Gasteiger partial charge in [-0.15, -0.1) is 0 Å². The zero-order valence-corrected chi connectivity index (χ0v) is 12.6. The van der Waals surface area contributed by atoms with Crippen molar-refractivity contribution in [1.82, 2.24) is 19.9 Å². The standard InChI is InChI=1S/C15H16N6O/c1-10-5-4-6-11(7-10)19-14-13-12(17-9-18-14)8-16-15(20-13)21(2)22-3/h4-9H,1-3H3,(H,17,18,19). The molecule has 0 aliphatic carbocycles. The minimum absolute atomic E-state index is 0.442. The van der Waals surface area contributed by atoms with E-state index in [0.29, 0.717) is 22.8 Å². The van der Waals surface area contributed by atoms with Crippen molar-refractivity contribution in [3.63, 3.8) is 0 Å². The molecule has 0 saturated heterocycles. The molecule has 3 aromatic rings. The van der Waals surface area contributed by atoms with E-state index in [2.05, 4.69) is 25.3 Å². The molecule has 0 fully saturated rings. The molecule has 0 bridgehead atoms. The van der Waals surface area contributed by atoms with Crippen LogP contribution in [0.5, 0.6) is 0 Å². The first-order valence-electron chi connectivity index (χ1n) is 6.76. The van der Waals surface area contributed by atoms with Crippen molar-refractivity contribution < 1.29 is 4.84 Å². The summed E-state index contributed by atoms with van der Waals surface area (Å²) in [5.41, 5.74) is 3.41. The van der Waals surface area contributed by atoms with Gasteiger partial charge in [0.05, 0.1) is 13.3 Å². The Bertz CT molecular complexity index is 807. The van der Waals surface area contributed by atoms with E-state index >= 15 is 0 Å². The van der Waals surface area contributed by atoms with Crippen molar-refractivity contribution in [2.45, 2.75) is 6.92 Å². The van der Waals surface area contributed by atoms with Gasteiger partial charge in [-0.2, -0.15) is 0 Å². The van der Waals surface area contributed by atoms with Crippen LogP contribution >= 0.6 is 0 Å². The maximum Gasteiger partial charge on any atom is 0.250 e. The van der Waals surface area contributed by atoms with Gasteiger partial charge in [0.15, 0.2) is 5.82 Å². The smallest absolute Gasteiger partial charge is 0.250 e. The van der Waals surface area contributed by atoms with Gasteiger partial charge in [-0.1, -0.05) is 12.1 Å². The first kappa shape index (κ1) is 14.2. The fourth-order valence-electron chi connectivity index (χ4n) is 2.03. The first-order valence-corrected chi connectivity index (χ1v) is 6.76. The van der Waals surface area contributed by atoms with E-state index in [1.165, 1.54) is 11.4 Å². The second-order valence-electron chi connectivity index (χ2n) is 4.80. The summed E-state index contributed by atoms with van der Waals surface area (Å²) < 4.78 is 0. The van der Waals surface area contributed by atoms with Crippen molar-refractivity contribution >= 4 is 28.5 Å². The minimum Gasteiger partial charge on any atom is -0.338 e. The van der Waals surface area contributed by atoms with Crippen molar-refractivity contribution in [2.24, 2.45) is 0 Å². The van der Waals surface area contributed by atoms with E-state index in [0.717, 1.165) is 11.3 Å². The van der Waals surface area contributed by atoms with Gasteiger partial charge in [-0.05, 0) is 24.6 Å². The number of aromatic nitrogens is 4. The van der Waals surface area contributed by atoms with Crippen molar-refractivity contribution in [3.05, 3.63) is 42.4 Å². The number of nitrogens with zero attached hydrogens (tertiary/aromatic N) is 5. The number of hydroxylamine groups is 1. The van der Waals surface area contributed by atoms with Gasteiger partial charge in [-0.25, -0.2) is 25.0 Å². The Balaban J connectivity index is 2.04. The first-order chi connectivity index (χ1) is 10.7. The molecule has 2 aromatic heterocycles. The minimum atomic E-state index is 0.442. The Kier molecular flexibility index (Phi) is 3.80. The number of benzene rings is 1. The molecule has 7 nitrogen and oxygen atoms in total. The van der Waals surface area contributed by atoms with E-state index in [4.69, 9.17) is 4.84 Å². The highest BCUT2D eigenvalue weighted by atomic mass is 16.7. The van der Waals surface area contributed by atoms with Crippen molar-refractivity contribution in [2.75, 3.05) is 24.5 Å². The Morgan fingerprint density at radius 3 is 2.82 bits per heavy atom. The molecule has 0 atom stereocenters. The number of fused-ring (bicyclic) bond motifs is 1. The average molecular weight is 296 g/mol. The fraction of sp³-hybridized carbons (Fsp3) is 0.200. The molecular weight excluding hydrogens is 280 g/mol. The van der Waals surface area contributed by atoms with Crippen LogP contribution in [0.2, 0.25) is 0 Å². The SMILES string of the molecule is CON(C)c1ncc2ncnc(Nc3cccc(C)c3)c2n1. The Labute approximate surface area is 128 Å². The molecule has 3 rings (SSSR count). The summed E-state index contributed by atoms with van der Waals surface area (Å²) in [4.78, 5) is 22.3. The van der Waals surface area contributed by atoms with E-state index in [1.807, 2.05) is 31.2 Å². The van der Waals surface area contributed by atoms with E-state index < -0.39 is 0 Å². The number of aryl methyl sites for hydroxylation is 1. The van der Waals surface area contributed by atoms with Gasteiger partial charge in [0.1, 0.15) is 17.4 Å². The van der Waals surface area contributed by atoms with E-state index in [-0.39, 0.29) is 0 Å². The summed E-state index contributed by atoms with van der Waals surface area (Å²) in [6, 6.07) is 8.04. The lowest BCUT2D eigenvalue weighted by atomic mass is 10.2. The monoisotopic (exact) mass is 296 g/mol. The van der Waals surface area contributed by atoms with Gasteiger partial charge in [0.2, 0.25) is 5.95 Å². The third kappa shape index (κ3) is 2.79. The molecule has 0 saturated carbocycles. The molecule has 0 aliphatic heterocycles. The van der Waals surface area contributed by atoms with Gasteiger partial charge in [0, 0.05) is 12.7 Å². The highest BCUT2D eigenvalue weighted by Crippen LogP contribution is 2.22. The zero-order valence-electron chi connectivity index (χ0n) is 12.6. The molecule has 0 aliphatic rings. The van der Waals surface area contributed by atoms with Crippen LogP contribution < -0.4 is 10.4 Å². The van der Waals surface area contributed by atoms with Crippen LogP contribution in [0, 0.1) is 6.92 Å². The lowest BCUT2D eigenvalue weighted by Gasteiger charge is -2.14. The summed E-state index contributed by atoms with van der Waals surface area (Å²) in [6.07, 6.45) is 3.14. The van der Waals surface area contributed by atoms with Gasteiger partial charge < -0.3 is 5.32 Å². The second-order valence-corrected chi connectivity index (χ2v) is 4.80. The van der Waals surface area contributed by atoms with Gasteiger partial charge in [0.25, 0.3) is 0 Å².